The van der Waals surface area contributed by atoms with E-state index in [9.17, 15) is 9.59 Å². The molecular weight excluding hydrogens is 354 g/mol. The summed E-state index contributed by atoms with van der Waals surface area (Å²) in [6, 6.07) is 13.7. The Balaban J connectivity index is 1.60. The maximum atomic E-state index is 12.1. The first-order chi connectivity index (χ1) is 12.6. The van der Waals surface area contributed by atoms with Crippen molar-refractivity contribution in [1.82, 2.24) is 10.2 Å². The topological polar surface area (TPSA) is 70.7 Å². The number of amides is 3. The Hall–Kier alpha value is -2.73. The first-order valence-corrected chi connectivity index (χ1v) is 8.85. The molecule has 0 spiro atoms. The van der Waals surface area contributed by atoms with Crippen LogP contribution in [0.1, 0.15) is 12.8 Å². The summed E-state index contributed by atoms with van der Waals surface area (Å²) in [4.78, 5) is 25.9. The zero-order valence-electron chi connectivity index (χ0n) is 14.2. The summed E-state index contributed by atoms with van der Waals surface area (Å²) < 4.78 is 5.80. The average Bonchev–Trinajstić information content (AvgIpc) is 3.18. The molecule has 1 aliphatic rings. The maximum Gasteiger partial charge on any atom is 0.319 e. The van der Waals surface area contributed by atoms with Gasteiger partial charge in [0, 0.05) is 13.1 Å². The third-order valence-electron chi connectivity index (χ3n) is 4.05. The molecule has 2 aromatic rings. The molecule has 0 atom stereocenters. The second-order valence-electron chi connectivity index (χ2n) is 5.92. The molecular formula is C19H20ClN3O3. The summed E-state index contributed by atoms with van der Waals surface area (Å²) >= 11 is 6.11. The second kappa shape index (κ2) is 8.58. The standard InChI is InChI=1S/C19H20ClN3O3/c20-14-7-1-3-9-16(14)26-17-10-4-2-8-15(17)22-19(25)21-13-18(24)23-11-5-6-12-23/h1-4,7-10H,5-6,11-13H2,(H2,21,22,25). The van der Waals surface area contributed by atoms with Gasteiger partial charge in [0.2, 0.25) is 5.91 Å². The number of anilines is 1. The Morgan fingerprint density at radius 1 is 1.00 bits per heavy atom. The van der Waals surface area contributed by atoms with Crippen molar-refractivity contribution in [2.24, 2.45) is 0 Å². The number of carbonyl (C=O) groups excluding carboxylic acids is 2. The van der Waals surface area contributed by atoms with Gasteiger partial charge < -0.3 is 20.3 Å². The molecule has 0 unspecified atom stereocenters. The Bertz CT molecular complexity index is 791. The number of halogens is 1. The van der Waals surface area contributed by atoms with Crippen LogP contribution in [-0.4, -0.2) is 36.5 Å². The molecule has 0 bridgehead atoms. The Morgan fingerprint density at radius 3 is 2.38 bits per heavy atom. The highest BCUT2D eigenvalue weighted by molar-refractivity contribution is 6.32. The number of para-hydroxylation sites is 3. The van der Waals surface area contributed by atoms with Crippen molar-refractivity contribution >= 4 is 29.2 Å². The number of carbonyl (C=O) groups is 2. The normalized spacial score (nSPS) is 13.3. The molecule has 1 fully saturated rings. The van der Waals surface area contributed by atoms with Crippen LogP contribution in [0.5, 0.6) is 11.5 Å². The lowest BCUT2D eigenvalue weighted by Gasteiger charge is -2.16. The summed E-state index contributed by atoms with van der Waals surface area (Å²) in [5, 5.41) is 5.77. The van der Waals surface area contributed by atoms with Crippen molar-refractivity contribution < 1.29 is 14.3 Å². The predicted molar refractivity (Wildman–Crippen MR) is 101 cm³/mol. The van der Waals surface area contributed by atoms with E-state index in [1.165, 1.54) is 0 Å². The molecule has 1 aliphatic heterocycles. The molecule has 7 heteroatoms. The molecule has 1 heterocycles. The van der Waals surface area contributed by atoms with Crippen LogP contribution in [-0.2, 0) is 4.79 Å². The third kappa shape index (κ3) is 4.67. The van der Waals surface area contributed by atoms with Crippen molar-refractivity contribution in [3.8, 4) is 11.5 Å². The first-order valence-electron chi connectivity index (χ1n) is 8.47. The highest BCUT2D eigenvalue weighted by Crippen LogP contribution is 2.33. The zero-order chi connectivity index (χ0) is 18.4. The van der Waals surface area contributed by atoms with E-state index in [-0.39, 0.29) is 12.5 Å². The van der Waals surface area contributed by atoms with Gasteiger partial charge in [-0.1, -0.05) is 35.9 Å². The highest BCUT2D eigenvalue weighted by Gasteiger charge is 2.18. The fourth-order valence-corrected chi connectivity index (χ4v) is 2.88. The number of hydrogen-bond donors (Lipinski definition) is 2. The van der Waals surface area contributed by atoms with Gasteiger partial charge in [-0.05, 0) is 37.1 Å². The van der Waals surface area contributed by atoms with Gasteiger partial charge >= 0.3 is 6.03 Å². The van der Waals surface area contributed by atoms with Gasteiger partial charge in [-0.15, -0.1) is 0 Å². The van der Waals surface area contributed by atoms with Crippen LogP contribution in [0.15, 0.2) is 48.5 Å². The van der Waals surface area contributed by atoms with E-state index >= 15 is 0 Å². The summed E-state index contributed by atoms with van der Waals surface area (Å²) in [7, 11) is 0. The number of nitrogens with zero attached hydrogens (tertiary/aromatic N) is 1. The van der Waals surface area contributed by atoms with Crippen LogP contribution in [0, 0.1) is 0 Å². The average molecular weight is 374 g/mol. The van der Waals surface area contributed by atoms with Gasteiger partial charge in [-0.25, -0.2) is 4.79 Å². The predicted octanol–water partition coefficient (Wildman–Crippen LogP) is 3.88. The number of rotatable bonds is 5. The van der Waals surface area contributed by atoms with Gasteiger partial charge in [0.05, 0.1) is 17.3 Å². The second-order valence-corrected chi connectivity index (χ2v) is 6.33. The molecule has 0 radical (unpaired) electrons. The largest absolute Gasteiger partial charge is 0.454 e. The summed E-state index contributed by atoms with van der Waals surface area (Å²) in [6.45, 7) is 1.49. The number of benzene rings is 2. The molecule has 6 nitrogen and oxygen atoms in total. The van der Waals surface area contributed by atoms with E-state index in [2.05, 4.69) is 10.6 Å². The molecule has 3 amide bonds. The van der Waals surface area contributed by atoms with Crippen LogP contribution >= 0.6 is 11.6 Å². The lowest BCUT2D eigenvalue weighted by molar-refractivity contribution is -0.128. The summed E-state index contributed by atoms with van der Waals surface area (Å²) in [6.07, 6.45) is 2.04. The van der Waals surface area contributed by atoms with Crippen LogP contribution in [0.4, 0.5) is 10.5 Å². The van der Waals surface area contributed by atoms with Gasteiger partial charge in [0.1, 0.15) is 5.75 Å². The van der Waals surface area contributed by atoms with Crippen molar-refractivity contribution in [1.29, 1.82) is 0 Å². The SMILES string of the molecule is O=C(NCC(=O)N1CCCC1)Nc1ccccc1Oc1ccccc1Cl. The fourth-order valence-electron chi connectivity index (χ4n) is 2.71. The van der Waals surface area contributed by atoms with E-state index in [1.54, 1.807) is 41.3 Å². The van der Waals surface area contributed by atoms with E-state index in [4.69, 9.17) is 16.3 Å². The molecule has 0 aliphatic carbocycles. The molecule has 1 saturated heterocycles. The number of hydrogen-bond acceptors (Lipinski definition) is 3. The molecule has 2 aromatic carbocycles. The molecule has 0 aromatic heterocycles. The van der Waals surface area contributed by atoms with Gasteiger partial charge in [0.25, 0.3) is 0 Å². The molecule has 26 heavy (non-hydrogen) atoms. The minimum Gasteiger partial charge on any atom is -0.454 e. The monoisotopic (exact) mass is 373 g/mol. The lowest BCUT2D eigenvalue weighted by Crippen LogP contribution is -2.40. The zero-order valence-corrected chi connectivity index (χ0v) is 15.0. The van der Waals surface area contributed by atoms with Gasteiger partial charge in [-0.2, -0.15) is 0 Å². The van der Waals surface area contributed by atoms with Crippen LogP contribution < -0.4 is 15.4 Å². The van der Waals surface area contributed by atoms with Crippen molar-refractivity contribution in [2.45, 2.75) is 12.8 Å². The fraction of sp³-hybridized carbons (Fsp3) is 0.263. The minimum atomic E-state index is -0.465. The molecule has 3 rings (SSSR count). The number of urea groups is 1. The summed E-state index contributed by atoms with van der Waals surface area (Å²) in [5.41, 5.74) is 0.485. The Labute approximate surface area is 157 Å². The van der Waals surface area contributed by atoms with E-state index in [1.807, 2.05) is 12.1 Å². The van der Waals surface area contributed by atoms with E-state index in [0.29, 0.717) is 22.2 Å². The van der Waals surface area contributed by atoms with Crippen LogP contribution in [0.3, 0.4) is 0 Å². The number of nitrogens with one attached hydrogen (secondary N) is 2. The Kier molecular flexibility index (Phi) is 5.96. The maximum absolute atomic E-state index is 12.1. The van der Waals surface area contributed by atoms with Crippen LogP contribution in [0.25, 0.3) is 0 Å². The number of likely N-dealkylation sites (tertiary alicyclic amines) is 1. The quantitative estimate of drug-likeness (QED) is 0.835. The van der Waals surface area contributed by atoms with E-state index < -0.39 is 6.03 Å². The smallest absolute Gasteiger partial charge is 0.319 e. The van der Waals surface area contributed by atoms with E-state index in [0.717, 1.165) is 25.9 Å². The minimum absolute atomic E-state index is 0.0284. The van der Waals surface area contributed by atoms with Crippen molar-refractivity contribution in [2.75, 3.05) is 25.0 Å². The highest BCUT2D eigenvalue weighted by atomic mass is 35.5. The summed E-state index contributed by atoms with van der Waals surface area (Å²) in [5.74, 6) is 0.882. The first kappa shape index (κ1) is 18.1. The third-order valence-corrected chi connectivity index (χ3v) is 4.36. The Morgan fingerprint density at radius 2 is 1.65 bits per heavy atom. The molecule has 0 saturated carbocycles. The van der Waals surface area contributed by atoms with Crippen molar-refractivity contribution in [3.63, 3.8) is 0 Å². The lowest BCUT2D eigenvalue weighted by atomic mass is 10.3. The van der Waals surface area contributed by atoms with Gasteiger partial charge in [-0.3, -0.25) is 4.79 Å². The molecule has 136 valence electrons. The van der Waals surface area contributed by atoms with Crippen LogP contribution in [0.2, 0.25) is 5.02 Å². The van der Waals surface area contributed by atoms with Crippen molar-refractivity contribution in [3.05, 3.63) is 53.6 Å². The molecule has 2 N–H and O–H groups in total. The number of ether oxygens (including phenoxy) is 1. The van der Waals surface area contributed by atoms with Gasteiger partial charge in [0.15, 0.2) is 5.75 Å².